The first-order valence-corrected chi connectivity index (χ1v) is 5.43. The number of hydrogen-bond acceptors (Lipinski definition) is 4. The van der Waals surface area contributed by atoms with Crippen molar-refractivity contribution in [2.24, 2.45) is 0 Å². The van der Waals surface area contributed by atoms with Gasteiger partial charge in [0.25, 0.3) is 0 Å². The summed E-state index contributed by atoms with van der Waals surface area (Å²) >= 11 is 1.42. The fraction of sp³-hybridized carbons (Fsp3) is 0.444. The van der Waals surface area contributed by atoms with Crippen molar-refractivity contribution in [3.05, 3.63) is 17.6 Å². The largest absolute Gasteiger partial charge is 0.475 e. The van der Waals surface area contributed by atoms with Crippen molar-refractivity contribution in [2.75, 3.05) is 6.26 Å². The van der Waals surface area contributed by atoms with Gasteiger partial charge in [-0.1, -0.05) is 13.8 Å². The summed E-state index contributed by atoms with van der Waals surface area (Å²) in [6.07, 6.45) is 1.86. The minimum absolute atomic E-state index is 0.124. The number of thioether (sulfide) groups is 1. The van der Waals surface area contributed by atoms with Gasteiger partial charge >= 0.3 is 5.97 Å². The molecule has 76 valence electrons. The maximum absolute atomic E-state index is 10.7. The summed E-state index contributed by atoms with van der Waals surface area (Å²) in [6, 6.07) is 1.82. The number of nitrogens with zero attached hydrogens (tertiary/aromatic N) is 2. The fourth-order valence-electron chi connectivity index (χ4n) is 0.939. The zero-order valence-corrected chi connectivity index (χ0v) is 9.13. The van der Waals surface area contributed by atoms with Crippen LogP contribution in [0.4, 0.5) is 0 Å². The maximum Gasteiger partial charge on any atom is 0.373 e. The topological polar surface area (TPSA) is 63.1 Å². The van der Waals surface area contributed by atoms with E-state index >= 15 is 0 Å². The lowest BCUT2D eigenvalue weighted by Gasteiger charge is -2.06. The van der Waals surface area contributed by atoms with Crippen LogP contribution in [-0.2, 0) is 0 Å². The van der Waals surface area contributed by atoms with Crippen molar-refractivity contribution in [1.82, 2.24) is 9.97 Å². The van der Waals surface area contributed by atoms with Gasteiger partial charge < -0.3 is 5.11 Å². The fourth-order valence-corrected chi connectivity index (χ4v) is 1.36. The molecule has 0 unspecified atom stereocenters. The van der Waals surface area contributed by atoms with E-state index in [1.807, 2.05) is 26.2 Å². The molecule has 1 aromatic rings. The molecule has 0 aromatic carbocycles. The van der Waals surface area contributed by atoms with Crippen LogP contribution in [0.3, 0.4) is 0 Å². The lowest BCUT2D eigenvalue weighted by Crippen LogP contribution is -2.08. The molecule has 0 aliphatic rings. The zero-order valence-electron chi connectivity index (χ0n) is 8.31. The molecule has 0 spiro atoms. The SMILES string of the molecule is CSc1cc(C(C)C)nc(C(=O)O)n1. The molecule has 0 atom stereocenters. The van der Waals surface area contributed by atoms with E-state index < -0.39 is 5.97 Å². The number of carboxylic acid groups (broad SMARTS) is 1. The van der Waals surface area contributed by atoms with Gasteiger partial charge in [-0.25, -0.2) is 14.8 Å². The summed E-state index contributed by atoms with van der Waals surface area (Å²) in [5, 5.41) is 9.47. The van der Waals surface area contributed by atoms with Crippen LogP contribution in [-0.4, -0.2) is 27.3 Å². The predicted octanol–water partition coefficient (Wildman–Crippen LogP) is 2.02. The third-order valence-electron chi connectivity index (χ3n) is 1.71. The molecule has 0 aliphatic heterocycles. The Hall–Kier alpha value is -1.10. The van der Waals surface area contributed by atoms with Crippen molar-refractivity contribution in [3.63, 3.8) is 0 Å². The van der Waals surface area contributed by atoms with Gasteiger partial charge in [-0.3, -0.25) is 0 Å². The molecule has 4 nitrogen and oxygen atoms in total. The third kappa shape index (κ3) is 2.45. The van der Waals surface area contributed by atoms with Crippen LogP contribution in [0.15, 0.2) is 11.1 Å². The van der Waals surface area contributed by atoms with Crippen LogP contribution >= 0.6 is 11.8 Å². The molecule has 0 aliphatic carbocycles. The quantitative estimate of drug-likeness (QED) is 0.613. The summed E-state index contributed by atoms with van der Waals surface area (Å²) in [6.45, 7) is 3.94. The molecule has 0 saturated heterocycles. The summed E-state index contributed by atoms with van der Waals surface area (Å²) in [5.74, 6) is -0.995. The molecule has 0 radical (unpaired) electrons. The molecular weight excluding hydrogens is 200 g/mol. The Kier molecular flexibility index (Phi) is 3.46. The normalized spacial score (nSPS) is 10.6. The molecule has 1 heterocycles. The second-order valence-electron chi connectivity index (χ2n) is 3.12. The van der Waals surface area contributed by atoms with Gasteiger partial charge in [0, 0.05) is 5.69 Å². The highest BCUT2D eigenvalue weighted by atomic mass is 32.2. The molecule has 0 fully saturated rings. The van der Waals surface area contributed by atoms with Crippen LogP contribution in [0.25, 0.3) is 0 Å². The van der Waals surface area contributed by atoms with Gasteiger partial charge in [0.05, 0.1) is 0 Å². The van der Waals surface area contributed by atoms with Crippen molar-refractivity contribution < 1.29 is 9.90 Å². The van der Waals surface area contributed by atoms with Crippen LogP contribution in [0.5, 0.6) is 0 Å². The molecule has 5 heteroatoms. The molecule has 1 rings (SSSR count). The van der Waals surface area contributed by atoms with E-state index in [9.17, 15) is 4.79 Å². The minimum atomic E-state index is -1.08. The van der Waals surface area contributed by atoms with Gasteiger partial charge in [-0.15, -0.1) is 11.8 Å². The average molecular weight is 212 g/mol. The number of carbonyl (C=O) groups is 1. The summed E-state index contributed by atoms with van der Waals surface area (Å²) < 4.78 is 0. The van der Waals surface area contributed by atoms with Crippen LogP contribution in [0.1, 0.15) is 36.1 Å². The summed E-state index contributed by atoms with van der Waals surface area (Å²) in [7, 11) is 0. The first kappa shape index (κ1) is 11.0. The van der Waals surface area contributed by atoms with E-state index in [0.717, 1.165) is 5.69 Å². The lowest BCUT2D eigenvalue weighted by molar-refractivity contribution is 0.0682. The molecule has 0 amide bonds. The number of aromatic carboxylic acids is 1. The highest BCUT2D eigenvalue weighted by Crippen LogP contribution is 2.18. The number of aromatic nitrogens is 2. The Bertz CT molecular complexity index is 353. The molecule has 14 heavy (non-hydrogen) atoms. The smallest absolute Gasteiger partial charge is 0.373 e. The molecule has 0 saturated carbocycles. The zero-order chi connectivity index (χ0) is 10.7. The average Bonchev–Trinajstić information content (AvgIpc) is 2.16. The van der Waals surface area contributed by atoms with Crippen molar-refractivity contribution >= 4 is 17.7 Å². The van der Waals surface area contributed by atoms with Crippen molar-refractivity contribution in [2.45, 2.75) is 24.8 Å². The second-order valence-corrected chi connectivity index (χ2v) is 3.95. The lowest BCUT2D eigenvalue weighted by atomic mass is 10.1. The molecular formula is C9H12N2O2S. The van der Waals surface area contributed by atoms with Crippen LogP contribution in [0, 0.1) is 0 Å². The molecule has 0 bridgehead atoms. The van der Waals surface area contributed by atoms with E-state index in [1.165, 1.54) is 11.8 Å². The second kappa shape index (κ2) is 4.41. The first-order valence-electron chi connectivity index (χ1n) is 4.21. The van der Waals surface area contributed by atoms with Crippen LogP contribution in [0.2, 0.25) is 0 Å². The standard InChI is InChI=1S/C9H12N2O2S/c1-5(2)6-4-7(14-3)11-8(10-6)9(12)13/h4-5H,1-3H3,(H,12,13). The number of rotatable bonds is 3. The van der Waals surface area contributed by atoms with E-state index in [4.69, 9.17) is 5.11 Å². The highest BCUT2D eigenvalue weighted by Gasteiger charge is 2.12. The summed E-state index contributed by atoms with van der Waals surface area (Å²) in [4.78, 5) is 18.6. The Morgan fingerprint density at radius 3 is 2.57 bits per heavy atom. The monoisotopic (exact) mass is 212 g/mol. The van der Waals surface area contributed by atoms with E-state index in [2.05, 4.69) is 9.97 Å². The number of carboxylic acids is 1. The maximum atomic E-state index is 10.7. The minimum Gasteiger partial charge on any atom is -0.475 e. The molecule has 1 N–H and O–H groups in total. The summed E-state index contributed by atoms with van der Waals surface area (Å²) in [5.41, 5.74) is 0.766. The van der Waals surface area contributed by atoms with E-state index in [1.54, 1.807) is 0 Å². The van der Waals surface area contributed by atoms with E-state index in [-0.39, 0.29) is 11.7 Å². The Morgan fingerprint density at radius 1 is 1.50 bits per heavy atom. The van der Waals surface area contributed by atoms with Gasteiger partial charge in [0.15, 0.2) is 0 Å². The Labute approximate surface area is 86.8 Å². The Balaban J connectivity index is 3.20. The van der Waals surface area contributed by atoms with Gasteiger partial charge in [0.2, 0.25) is 5.82 Å². The van der Waals surface area contributed by atoms with Crippen LogP contribution < -0.4 is 0 Å². The van der Waals surface area contributed by atoms with Crippen molar-refractivity contribution in [1.29, 1.82) is 0 Å². The highest BCUT2D eigenvalue weighted by molar-refractivity contribution is 7.98. The van der Waals surface area contributed by atoms with Gasteiger partial charge in [0.1, 0.15) is 5.03 Å². The van der Waals surface area contributed by atoms with Crippen molar-refractivity contribution in [3.8, 4) is 0 Å². The predicted molar refractivity (Wildman–Crippen MR) is 54.9 cm³/mol. The Morgan fingerprint density at radius 2 is 2.14 bits per heavy atom. The first-order chi connectivity index (χ1) is 6.54. The number of hydrogen-bond donors (Lipinski definition) is 1. The molecule has 1 aromatic heterocycles. The van der Waals surface area contributed by atoms with E-state index in [0.29, 0.717) is 5.03 Å². The van der Waals surface area contributed by atoms with Gasteiger partial charge in [-0.05, 0) is 18.2 Å². The van der Waals surface area contributed by atoms with Gasteiger partial charge in [-0.2, -0.15) is 0 Å². The third-order valence-corrected chi connectivity index (χ3v) is 2.34.